The second-order valence-corrected chi connectivity index (χ2v) is 6.75. The molecule has 0 N–H and O–H groups in total. The van der Waals surface area contributed by atoms with E-state index >= 15 is 0 Å². The van der Waals surface area contributed by atoms with Crippen LogP contribution in [0.15, 0.2) is 35.4 Å². The molecule has 0 aliphatic rings. The summed E-state index contributed by atoms with van der Waals surface area (Å²) in [6, 6.07) is 6.12. The molecule has 2 heterocycles. The van der Waals surface area contributed by atoms with Gasteiger partial charge >= 0.3 is 0 Å². The van der Waals surface area contributed by atoms with Crippen LogP contribution in [0.1, 0.15) is 13.8 Å². The maximum Gasteiger partial charge on any atom is 0.233 e. The van der Waals surface area contributed by atoms with Crippen molar-refractivity contribution in [2.75, 3.05) is 12.4 Å². The van der Waals surface area contributed by atoms with Gasteiger partial charge in [0.1, 0.15) is 18.0 Å². The Hall–Kier alpha value is -2.35. The zero-order chi connectivity index (χ0) is 16.2. The minimum atomic E-state index is -3.41. The fourth-order valence-corrected chi connectivity index (χ4v) is 2.74. The number of rotatable bonds is 6. The standard InChI is InChI=1S/C14H15N3O4S/c1-3-22(19,20)12-5-4-8-15-14(12)11-6-7-13(17-16-11)21-9-10(2)18/h4-8H,3,9H2,1-2H3. The van der Waals surface area contributed by atoms with E-state index in [-0.39, 0.29) is 34.6 Å². The van der Waals surface area contributed by atoms with Gasteiger partial charge in [-0.1, -0.05) is 6.92 Å². The lowest BCUT2D eigenvalue weighted by atomic mass is 10.2. The highest BCUT2D eigenvalue weighted by Gasteiger charge is 2.19. The summed E-state index contributed by atoms with van der Waals surface area (Å²) in [6.07, 6.45) is 1.49. The van der Waals surface area contributed by atoms with Crippen LogP contribution in [0.5, 0.6) is 5.88 Å². The summed E-state index contributed by atoms with van der Waals surface area (Å²) < 4.78 is 29.3. The molecule has 0 unspecified atom stereocenters. The molecule has 2 rings (SSSR count). The Balaban J connectivity index is 2.35. The quantitative estimate of drug-likeness (QED) is 0.790. The first-order valence-electron chi connectivity index (χ1n) is 6.58. The number of carbonyl (C=O) groups is 1. The SMILES string of the molecule is CCS(=O)(=O)c1cccnc1-c1ccc(OCC(C)=O)nn1. The van der Waals surface area contributed by atoms with Crippen molar-refractivity contribution in [3.8, 4) is 17.3 Å². The van der Waals surface area contributed by atoms with Crippen LogP contribution in [-0.4, -0.2) is 41.7 Å². The molecule has 0 aliphatic heterocycles. The summed E-state index contributed by atoms with van der Waals surface area (Å²) >= 11 is 0. The van der Waals surface area contributed by atoms with Crippen molar-refractivity contribution in [3.05, 3.63) is 30.5 Å². The number of sulfone groups is 1. The average Bonchev–Trinajstić information content (AvgIpc) is 2.53. The van der Waals surface area contributed by atoms with Gasteiger partial charge in [-0.2, -0.15) is 0 Å². The van der Waals surface area contributed by atoms with E-state index in [1.165, 1.54) is 25.3 Å². The van der Waals surface area contributed by atoms with E-state index < -0.39 is 9.84 Å². The van der Waals surface area contributed by atoms with Gasteiger partial charge in [0.05, 0.1) is 10.6 Å². The average molecular weight is 321 g/mol. The molecule has 0 spiro atoms. The first kappa shape index (κ1) is 16.0. The number of ketones is 1. The summed E-state index contributed by atoms with van der Waals surface area (Å²) in [4.78, 5) is 15.0. The summed E-state index contributed by atoms with van der Waals surface area (Å²) in [7, 11) is -3.41. The normalized spacial score (nSPS) is 11.2. The van der Waals surface area contributed by atoms with Gasteiger partial charge in [-0.15, -0.1) is 10.2 Å². The van der Waals surface area contributed by atoms with Crippen LogP contribution in [0.2, 0.25) is 0 Å². The molecule has 116 valence electrons. The topological polar surface area (TPSA) is 99.1 Å². The molecule has 0 saturated heterocycles. The van der Waals surface area contributed by atoms with E-state index in [1.807, 2.05) is 0 Å². The van der Waals surface area contributed by atoms with E-state index in [1.54, 1.807) is 19.1 Å². The lowest BCUT2D eigenvalue weighted by molar-refractivity contribution is -0.119. The molecule has 0 amide bonds. The smallest absolute Gasteiger partial charge is 0.233 e. The number of carbonyl (C=O) groups excluding carboxylic acids is 1. The van der Waals surface area contributed by atoms with Crippen LogP contribution in [0.25, 0.3) is 11.4 Å². The zero-order valence-corrected chi connectivity index (χ0v) is 13.0. The Morgan fingerprint density at radius 3 is 2.59 bits per heavy atom. The summed E-state index contributed by atoms with van der Waals surface area (Å²) in [6.45, 7) is 2.88. The van der Waals surface area contributed by atoms with Gasteiger partial charge in [-0.3, -0.25) is 9.78 Å². The zero-order valence-electron chi connectivity index (χ0n) is 12.2. The van der Waals surface area contributed by atoms with Gasteiger partial charge < -0.3 is 4.74 Å². The maximum atomic E-state index is 12.1. The van der Waals surface area contributed by atoms with Gasteiger partial charge in [-0.05, 0) is 25.1 Å². The van der Waals surface area contributed by atoms with Gasteiger partial charge in [0, 0.05) is 12.3 Å². The van der Waals surface area contributed by atoms with Crippen LogP contribution < -0.4 is 4.74 Å². The van der Waals surface area contributed by atoms with Gasteiger partial charge in [0.25, 0.3) is 0 Å². The van der Waals surface area contributed by atoms with Crippen molar-refractivity contribution in [1.29, 1.82) is 0 Å². The van der Waals surface area contributed by atoms with Crippen LogP contribution >= 0.6 is 0 Å². The van der Waals surface area contributed by atoms with Crippen LogP contribution in [0.4, 0.5) is 0 Å². The number of nitrogens with zero attached hydrogens (tertiary/aromatic N) is 3. The number of ether oxygens (including phenoxy) is 1. The fraction of sp³-hybridized carbons (Fsp3) is 0.286. The molecule has 0 bridgehead atoms. The Morgan fingerprint density at radius 1 is 1.23 bits per heavy atom. The number of aromatic nitrogens is 3. The number of Topliss-reactive ketones (excluding diaryl/α,β-unsaturated/α-hetero) is 1. The molecule has 0 saturated carbocycles. The summed E-state index contributed by atoms with van der Waals surface area (Å²) in [5.74, 6) is 0.0283. The van der Waals surface area contributed by atoms with E-state index in [0.717, 1.165) is 0 Å². The third kappa shape index (κ3) is 3.64. The van der Waals surface area contributed by atoms with E-state index in [2.05, 4.69) is 15.2 Å². The van der Waals surface area contributed by atoms with Crippen molar-refractivity contribution in [1.82, 2.24) is 15.2 Å². The predicted octanol–water partition coefficient (Wildman–Crippen LogP) is 1.30. The summed E-state index contributed by atoms with van der Waals surface area (Å²) in [5, 5.41) is 7.74. The highest BCUT2D eigenvalue weighted by Crippen LogP contribution is 2.24. The van der Waals surface area contributed by atoms with Crippen molar-refractivity contribution < 1.29 is 17.9 Å². The van der Waals surface area contributed by atoms with Crippen LogP contribution in [-0.2, 0) is 14.6 Å². The van der Waals surface area contributed by atoms with Gasteiger partial charge in [0.15, 0.2) is 15.6 Å². The van der Waals surface area contributed by atoms with E-state index in [0.29, 0.717) is 5.69 Å². The molecular weight excluding hydrogens is 306 g/mol. The minimum Gasteiger partial charge on any atom is -0.469 e. The highest BCUT2D eigenvalue weighted by molar-refractivity contribution is 7.91. The monoisotopic (exact) mass is 321 g/mol. The Labute approximate surface area is 128 Å². The first-order valence-corrected chi connectivity index (χ1v) is 8.23. The lowest BCUT2D eigenvalue weighted by Crippen LogP contribution is -2.09. The molecule has 0 aliphatic carbocycles. The Bertz CT molecular complexity index is 773. The summed E-state index contributed by atoms with van der Waals surface area (Å²) in [5.41, 5.74) is 0.567. The molecule has 2 aromatic rings. The molecule has 8 heteroatoms. The van der Waals surface area contributed by atoms with Crippen LogP contribution in [0.3, 0.4) is 0 Å². The molecular formula is C14H15N3O4S. The number of pyridine rings is 1. The Morgan fingerprint density at radius 2 is 2.00 bits per heavy atom. The predicted molar refractivity (Wildman–Crippen MR) is 79.2 cm³/mol. The van der Waals surface area contributed by atoms with Crippen molar-refractivity contribution in [3.63, 3.8) is 0 Å². The third-order valence-corrected chi connectivity index (χ3v) is 4.55. The molecule has 0 radical (unpaired) electrons. The first-order chi connectivity index (χ1) is 10.4. The second kappa shape index (κ2) is 6.61. The highest BCUT2D eigenvalue weighted by atomic mass is 32.2. The van der Waals surface area contributed by atoms with E-state index in [9.17, 15) is 13.2 Å². The lowest BCUT2D eigenvalue weighted by Gasteiger charge is -2.07. The fourth-order valence-electron chi connectivity index (χ4n) is 1.69. The Kier molecular flexibility index (Phi) is 4.81. The molecule has 0 aromatic carbocycles. The molecule has 0 fully saturated rings. The number of hydrogen-bond donors (Lipinski definition) is 0. The number of hydrogen-bond acceptors (Lipinski definition) is 7. The minimum absolute atomic E-state index is 0.0288. The van der Waals surface area contributed by atoms with Gasteiger partial charge in [0.2, 0.25) is 5.88 Å². The van der Waals surface area contributed by atoms with Crippen molar-refractivity contribution in [2.24, 2.45) is 0 Å². The maximum absolute atomic E-state index is 12.1. The van der Waals surface area contributed by atoms with Gasteiger partial charge in [-0.25, -0.2) is 8.42 Å². The van der Waals surface area contributed by atoms with Crippen molar-refractivity contribution in [2.45, 2.75) is 18.7 Å². The molecule has 7 nitrogen and oxygen atoms in total. The second-order valence-electron chi connectivity index (χ2n) is 4.50. The largest absolute Gasteiger partial charge is 0.469 e. The van der Waals surface area contributed by atoms with Crippen molar-refractivity contribution >= 4 is 15.6 Å². The molecule has 22 heavy (non-hydrogen) atoms. The third-order valence-electron chi connectivity index (χ3n) is 2.79. The van der Waals surface area contributed by atoms with Crippen LogP contribution in [0, 0.1) is 0 Å². The van der Waals surface area contributed by atoms with E-state index in [4.69, 9.17) is 4.74 Å². The molecule has 2 aromatic heterocycles. The molecule has 0 atom stereocenters.